The number of carbonyl (C=O) groups is 1. The maximum absolute atomic E-state index is 12.0. The number of hydrogen-bond donors (Lipinski definition) is 3. The zero-order chi connectivity index (χ0) is 15.5. The Bertz CT molecular complexity index is 726. The molecule has 0 radical (unpaired) electrons. The molecule has 2 aromatic rings. The molecule has 1 aromatic heterocycles. The maximum Gasteiger partial charge on any atom is 0.331 e. The number of para-hydroxylation sites is 1. The van der Waals surface area contributed by atoms with Crippen LogP contribution in [0, 0.1) is 0 Å². The highest BCUT2D eigenvalue weighted by atomic mass is 32.2. The summed E-state index contributed by atoms with van der Waals surface area (Å²) in [5, 5.41) is 13.9. The van der Waals surface area contributed by atoms with Gasteiger partial charge in [0.25, 0.3) is 0 Å². The van der Waals surface area contributed by atoms with E-state index in [1.165, 1.54) is 30.5 Å². The molecule has 2 rings (SSSR count). The predicted octanol–water partition coefficient (Wildman–Crippen LogP) is 1.89. The SMILES string of the molecule is CNS(=O)(=O)c1ccccc1NC(C(=O)O)c1cccs1. The lowest BCUT2D eigenvalue weighted by Gasteiger charge is -2.17. The van der Waals surface area contributed by atoms with Gasteiger partial charge in [0.1, 0.15) is 4.90 Å². The van der Waals surface area contributed by atoms with E-state index >= 15 is 0 Å². The number of carboxylic acid groups (broad SMARTS) is 1. The molecular formula is C13H14N2O4S2. The van der Waals surface area contributed by atoms with Crippen LogP contribution in [0.2, 0.25) is 0 Å². The van der Waals surface area contributed by atoms with Crippen molar-refractivity contribution in [3.63, 3.8) is 0 Å². The van der Waals surface area contributed by atoms with E-state index in [2.05, 4.69) is 10.0 Å². The first-order valence-corrected chi connectivity index (χ1v) is 8.37. The van der Waals surface area contributed by atoms with Gasteiger partial charge in [0, 0.05) is 4.88 Å². The van der Waals surface area contributed by atoms with Crippen molar-refractivity contribution in [2.24, 2.45) is 0 Å². The Hall–Kier alpha value is -1.90. The highest BCUT2D eigenvalue weighted by molar-refractivity contribution is 7.89. The molecule has 0 fully saturated rings. The molecule has 0 aliphatic rings. The molecule has 0 saturated carbocycles. The topological polar surface area (TPSA) is 95.5 Å². The van der Waals surface area contributed by atoms with E-state index in [4.69, 9.17) is 0 Å². The number of carboxylic acids is 1. The zero-order valence-corrected chi connectivity index (χ0v) is 12.7. The van der Waals surface area contributed by atoms with Gasteiger partial charge in [-0.15, -0.1) is 11.3 Å². The monoisotopic (exact) mass is 326 g/mol. The van der Waals surface area contributed by atoms with Crippen LogP contribution in [0.4, 0.5) is 5.69 Å². The van der Waals surface area contributed by atoms with Crippen LogP contribution in [-0.4, -0.2) is 26.5 Å². The van der Waals surface area contributed by atoms with Crippen molar-refractivity contribution in [2.75, 3.05) is 12.4 Å². The summed E-state index contributed by atoms with van der Waals surface area (Å²) < 4.78 is 26.2. The molecular weight excluding hydrogens is 312 g/mol. The Morgan fingerprint density at radius 3 is 2.52 bits per heavy atom. The van der Waals surface area contributed by atoms with Crippen molar-refractivity contribution in [1.29, 1.82) is 0 Å². The molecule has 1 unspecified atom stereocenters. The standard InChI is InChI=1S/C13H14N2O4S2/c1-14-21(18,19)11-7-3-2-5-9(11)15-12(13(16)17)10-6-4-8-20-10/h2-8,12,14-15H,1H3,(H,16,17). The molecule has 21 heavy (non-hydrogen) atoms. The maximum atomic E-state index is 12.0. The van der Waals surface area contributed by atoms with Gasteiger partial charge in [0.15, 0.2) is 6.04 Å². The minimum absolute atomic E-state index is 0.00954. The van der Waals surface area contributed by atoms with E-state index < -0.39 is 22.0 Å². The van der Waals surface area contributed by atoms with Crippen molar-refractivity contribution < 1.29 is 18.3 Å². The first-order valence-electron chi connectivity index (χ1n) is 6.01. The van der Waals surface area contributed by atoms with E-state index in [1.54, 1.807) is 29.6 Å². The summed E-state index contributed by atoms with van der Waals surface area (Å²) in [6.45, 7) is 0. The summed E-state index contributed by atoms with van der Waals surface area (Å²) in [4.78, 5) is 12.0. The number of thiophene rings is 1. The summed E-state index contributed by atoms with van der Waals surface area (Å²) in [5.74, 6) is -1.07. The number of anilines is 1. The minimum atomic E-state index is -3.67. The van der Waals surface area contributed by atoms with Crippen LogP contribution in [0.5, 0.6) is 0 Å². The highest BCUT2D eigenvalue weighted by Gasteiger charge is 2.24. The van der Waals surface area contributed by atoms with Crippen molar-refractivity contribution in [2.45, 2.75) is 10.9 Å². The fourth-order valence-electron chi connectivity index (χ4n) is 1.80. The van der Waals surface area contributed by atoms with Crippen molar-refractivity contribution >= 4 is 33.0 Å². The number of benzene rings is 1. The molecule has 0 aliphatic carbocycles. The van der Waals surface area contributed by atoms with Crippen LogP contribution in [0.1, 0.15) is 10.9 Å². The van der Waals surface area contributed by atoms with Crippen LogP contribution >= 0.6 is 11.3 Å². The average molecular weight is 326 g/mol. The van der Waals surface area contributed by atoms with Crippen LogP contribution < -0.4 is 10.0 Å². The number of rotatable bonds is 6. The summed E-state index contributed by atoms with van der Waals surface area (Å²) in [6, 6.07) is 8.60. The highest BCUT2D eigenvalue weighted by Crippen LogP contribution is 2.28. The lowest BCUT2D eigenvalue weighted by atomic mass is 10.2. The second-order valence-corrected chi connectivity index (χ2v) is 6.97. The molecule has 3 N–H and O–H groups in total. The molecule has 0 amide bonds. The van der Waals surface area contributed by atoms with Gasteiger partial charge in [-0.3, -0.25) is 0 Å². The van der Waals surface area contributed by atoms with Crippen LogP contribution in [-0.2, 0) is 14.8 Å². The summed E-state index contributed by atoms with van der Waals surface area (Å²) in [7, 11) is -2.37. The third kappa shape index (κ3) is 3.41. The van der Waals surface area contributed by atoms with Gasteiger partial charge >= 0.3 is 5.97 Å². The Morgan fingerprint density at radius 1 is 1.24 bits per heavy atom. The molecule has 0 bridgehead atoms. The second kappa shape index (κ2) is 6.25. The van der Waals surface area contributed by atoms with E-state index in [9.17, 15) is 18.3 Å². The van der Waals surface area contributed by atoms with Crippen molar-refractivity contribution in [3.8, 4) is 0 Å². The van der Waals surface area contributed by atoms with Crippen LogP contribution in [0.3, 0.4) is 0 Å². The fraction of sp³-hybridized carbons (Fsp3) is 0.154. The first-order chi connectivity index (χ1) is 9.95. The van der Waals surface area contributed by atoms with E-state index in [0.29, 0.717) is 4.88 Å². The molecule has 112 valence electrons. The molecule has 8 heteroatoms. The normalized spacial score (nSPS) is 12.8. The fourth-order valence-corrected chi connectivity index (χ4v) is 3.46. The Morgan fingerprint density at radius 2 is 1.95 bits per heavy atom. The lowest BCUT2D eigenvalue weighted by molar-refractivity contribution is -0.138. The quantitative estimate of drug-likeness (QED) is 0.753. The van der Waals surface area contributed by atoms with Crippen LogP contribution in [0.25, 0.3) is 0 Å². The number of sulfonamides is 1. The van der Waals surface area contributed by atoms with Gasteiger partial charge < -0.3 is 10.4 Å². The summed E-state index contributed by atoms with van der Waals surface area (Å²) in [6.07, 6.45) is 0. The van der Waals surface area contributed by atoms with Gasteiger partial charge in [-0.2, -0.15) is 0 Å². The molecule has 0 spiro atoms. The largest absolute Gasteiger partial charge is 0.479 e. The van der Waals surface area contributed by atoms with Crippen LogP contribution in [0.15, 0.2) is 46.7 Å². The van der Waals surface area contributed by atoms with Crippen molar-refractivity contribution in [3.05, 3.63) is 46.7 Å². The van der Waals surface area contributed by atoms with Gasteiger partial charge in [-0.25, -0.2) is 17.9 Å². The summed E-state index contributed by atoms with van der Waals surface area (Å²) in [5.41, 5.74) is 0.243. The zero-order valence-electron chi connectivity index (χ0n) is 11.1. The molecule has 1 atom stereocenters. The van der Waals surface area contributed by atoms with Gasteiger partial charge in [0.2, 0.25) is 10.0 Å². The van der Waals surface area contributed by atoms with E-state index in [-0.39, 0.29) is 10.6 Å². The molecule has 1 heterocycles. The molecule has 6 nitrogen and oxygen atoms in total. The van der Waals surface area contributed by atoms with E-state index in [1.807, 2.05) is 0 Å². The number of aliphatic carboxylic acids is 1. The second-order valence-electron chi connectivity index (χ2n) is 4.13. The summed E-state index contributed by atoms with van der Waals surface area (Å²) >= 11 is 1.29. The molecule has 0 saturated heterocycles. The Balaban J connectivity index is 2.41. The van der Waals surface area contributed by atoms with Gasteiger partial charge in [-0.05, 0) is 30.6 Å². The van der Waals surface area contributed by atoms with Gasteiger partial charge in [-0.1, -0.05) is 18.2 Å². The Kier molecular flexibility index (Phi) is 4.61. The number of nitrogens with one attached hydrogen (secondary N) is 2. The first kappa shape index (κ1) is 15.5. The molecule has 1 aromatic carbocycles. The number of hydrogen-bond acceptors (Lipinski definition) is 5. The average Bonchev–Trinajstić information content (AvgIpc) is 2.98. The smallest absolute Gasteiger partial charge is 0.331 e. The van der Waals surface area contributed by atoms with E-state index in [0.717, 1.165) is 0 Å². The predicted molar refractivity (Wildman–Crippen MR) is 81.0 cm³/mol. The molecule has 0 aliphatic heterocycles. The van der Waals surface area contributed by atoms with Crippen molar-refractivity contribution in [1.82, 2.24) is 4.72 Å². The minimum Gasteiger partial charge on any atom is -0.479 e. The Labute approximate surface area is 126 Å². The van der Waals surface area contributed by atoms with Gasteiger partial charge in [0.05, 0.1) is 5.69 Å². The third-order valence-corrected chi connectivity index (χ3v) is 5.23. The third-order valence-electron chi connectivity index (χ3n) is 2.82. The lowest BCUT2D eigenvalue weighted by Crippen LogP contribution is -2.23.